The molecule has 110 valence electrons. The second-order valence-electron chi connectivity index (χ2n) is 6.49. The third-order valence-corrected chi connectivity index (χ3v) is 3.88. The lowest BCUT2D eigenvalue weighted by Crippen LogP contribution is -2.52. The lowest BCUT2D eigenvalue weighted by atomic mass is 9.85. The molecule has 1 atom stereocenters. The first-order valence-corrected chi connectivity index (χ1v) is 7.00. The highest BCUT2D eigenvalue weighted by molar-refractivity contribution is 5.82. The summed E-state index contributed by atoms with van der Waals surface area (Å²) < 4.78 is 0. The van der Waals surface area contributed by atoms with Gasteiger partial charge in [0, 0.05) is 26.6 Å². The van der Waals surface area contributed by atoms with Crippen molar-refractivity contribution in [3.8, 4) is 0 Å². The van der Waals surface area contributed by atoms with E-state index in [4.69, 9.17) is 5.73 Å². The summed E-state index contributed by atoms with van der Waals surface area (Å²) in [5.74, 6) is 0.497. The molecule has 0 aliphatic carbocycles. The monoisotopic (exact) mass is 269 g/mol. The van der Waals surface area contributed by atoms with Crippen LogP contribution in [0.15, 0.2) is 0 Å². The van der Waals surface area contributed by atoms with Crippen LogP contribution in [0.25, 0.3) is 0 Å². The van der Waals surface area contributed by atoms with Crippen LogP contribution in [-0.4, -0.2) is 42.9 Å². The van der Waals surface area contributed by atoms with Gasteiger partial charge in [0.2, 0.25) is 11.8 Å². The first-order valence-electron chi connectivity index (χ1n) is 7.00. The van der Waals surface area contributed by atoms with Crippen LogP contribution in [-0.2, 0) is 9.59 Å². The van der Waals surface area contributed by atoms with Crippen LogP contribution in [0.5, 0.6) is 0 Å². The van der Waals surface area contributed by atoms with Crippen LogP contribution in [0, 0.1) is 11.3 Å². The van der Waals surface area contributed by atoms with E-state index in [2.05, 4.69) is 5.32 Å². The number of rotatable bonds is 3. The molecule has 5 heteroatoms. The summed E-state index contributed by atoms with van der Waals surface area (Å²) in [6, 6.07) is -0.456. The third-order valence-electron chi connectivity index (χ3n) is 3.88. The Bertz CT molecular complexity index is 328. The number of nitrogens with two attached hydrogens (primary N) is 1. The van der Waals surface area contributed by atoms with E-state index in [0.29, 0.717) is 25.4 Å². The third kappa shape index (κ3) is 4.49. The molecule has 1 saturated heterocycles. The maximum Gasteiger partial charge on any atom is 0.240 e. The highest BCUT2D eigenvalue weighted by atomic mass is 16.2. The average Bonchev–Trinajstić information content (AvgIpc) is 2.36. The molecule has 5 nitrogen and oxygen atoms in total. The number of carbonyl (C=O) groups excluding carboxylic acids is 2. The molecule has 0 saturated carbocycles. The molecule has 0 aromatic rings. The average molecular weight is 269 g/mol. The number of likely N-dealkylation sites (tertiary alicyclic amines) is 1. The molecule has 19 heavy (non-hydrogen) atoms. The number of nitrogens with zero attached hydrogens (tertiary/aromatic N) is 1. The zero-order valence-corrected chi connectivity index (χ0v) is 12.5. The van der Waals surface area contributed by atoms with E-state index in [1.165, 1.54) is 0 Å². The van der Waals surface area contributed by atoms with Crippen molar-refractivity contribution in [2.24, 2.45) is 17.1 Å². The molecule has 0 spiro atoms. The Kier molecular flexibility index (Phi) is 5.35. The summed E-state index contributed by atoms with van der Waals surface area (Å²) in [5, 5.41) is 2.64. The fraction of sp³-hybridized carbons (Fsp3) is 0.857. The molecule has 1 fully saturated rings. The van der Waals surface area contributed by atoms with Gasteiger partial charge in [0.15, 0.2) is 0 Å². The fourth-order valence-corrected chi connectivity index (χ4v) is 2.29. The topological polar surface area (TPSA) is 75.4 Å². The summed E-state index contributed by atoms with van der Waals surface area (Å²) >= 11 is 0. The lowest BCUT2D eigenvalue weighted by molar-refractivity contribution is -0.136. The fourth-order valence-electron chi connectivity index (χ4n) is 2.29. The van der Waals surface area contributed by atoms with Gasteiger partial charge in [-0.15, -0.1) is 0 Å². The van der Waals surface area contributed by atoms with Crippen LogP contribution in [0.1, 0.15) is 40.0 Å². The quantitative estimate of drug-likeness (QED) is 0.793. The van der Waals surface area contributed by atoms with Gasteiger partial charge in [0.05, 0.1) is 6.04 Å². The second-order valence-corrected chi connectivity index (χ2v) is 6.49. The van der Waals surface area contributed by atoms with Crippen molar-refractivity contribution >= 4 is 11.8 Å². The number of piperidine rings is 1. The minimum atomic E-state index is -0.456. The van der Waals surface area contributed by atoms with Crippen LogP contribution in [0.3, 0.4) is 0 Å². The van der Waals surface area contributed by atoms with Gasteiger partial charge >= 0.3 is 0 Å². The van der Waals surface area contributed by atoms with Gasteiger partial charge in [0.25, 0.3) is 0 Å². The van der Waals surface area contributed by atoms with E-state index in [0.717, 1.165) is 12.8 Å². The molecule has 1 aliphatic rings. The Labute approximate surface area is 115 Å². The van der Waals surface area contributed by atoms with Crippen molar-refractivity contribution in [1.29, 1.82) is 0 Å². The van der Waals surface area contributed by atoms with Crippen LogP contribution >= 0.6 is 0 Å². The number of hydrogen-bond donors (Lipinski definition) is 2. The Morgan fingerprint density at radius 3 is 2.26 bits per heavy atom. The summed E-state index contributed by atoms with van der Waals surface area (Å²) in [5.41, 5.74) is 5.79. The molecule has 3 N–H and O–H groups in total. The van der Waals surface area contributed by atoms with Gasteiger partial charge in [-0.05, 0) is 24.2 Å². The van der Waals surface area contributed by atoms with E-state index in [1.807, 2.05) is 25.7 Å². The molecular formula is C14H27N3O2. The summed E-state index contributed by atoms with van der Waals surface area (Å²) in [4.78, 5) is 25.4. The normalized spacial score (nSPS) is 19.1. The van der Waals surface area contributed by atoms with Crippen molar-refractivity contribution in [3.05, 3.63) is 0 Å². The van der Waals surface area contributed by atoms with Crippen LogP contribution in [0.4, 0.5) is 0 Å². The van der Waals surface area contributed by atoms with Crippen molar-refractivity contribution in [2.45, 2.75) is 46.1 Å². The SMILES string of the molecule is CNC(=O)CC1CCN(C(=O)[C@@H](N)C(C)(C)C)CC1. The van der Waals surface area contributed by atoms with Crippen LogP contribution in [0.2, 0.25) is 0 Å². The van der Waals surface area contributed by atoms with Crippen molar-refractivity contribution < 1.29 is 9.59 Å². The van der Waals surface area contributed by atoms with Crippen LogP contribution < -0.4 is 11.1 Å². The molecule has 0 aromatic heterocycles. The Balaban J connectivity index is 2.45. The van der Waals surface area contributed by atoms with E-state index in [-0.39, 0.29) is 17.2 Å². The number of hydrogen-bond acceptors (Lipinski definition) is 3. The van der Waals surface area contributed by atoms with Gasteiger partial charge in [-0.25, -0.2) is 0 Å². The van der Waals surface area contributed by atoms with E-state index in [9.17, 15) is 9.59 Å². The molecule has 0 aromatic carbocycles. The number of amides is 2. The molecule has 1 aliphatic heterocycles. The van der Waals surface area contributed by atoms with Gasteiger partial charge in [-0.2, -0.15) is 0 Å². The zero-order chi connectivity index (χ0) is 14.6. The lowest BCUT2D eigenvalue weighted by Gasteiger charge is -2.36. The summed E-state index contributed by atoms with van der Waals surface area (Å²) in [6.07, 6.45) is 2.33. The summed E-state index contributed by atoms with van der Waals surface area (Å²) in [6.45, 7) is 7.37. The van der Waals surface area contributed by atoms with Gasteiger partial charge in [-0.3, -0.25) is 9.59 Å². The second kappa shape index (κ2) is 6.37. The molecule has 0 bridgehead atoms. The first kappa shape index (κ1) is 16.0. The largest absolute Gasteiger partial charge is 0.359 e. The highest BCUT2D eigenvalue weighted by Gasteiger charge is 2.33. The summed E-state index contributed by atoms with van der Waals surface area (Å²) in [7, 11) is 1.66. The van der Waals surface area contributed by atoms with E-state index < -0.39 is 6.04 Å². The van der Waals surface area contributed by atoms with E-state index in [1.54, 1.807) is 7.05 Å². The molecule has 0 unspecified atom stereocenters. The van der Waals surface area contributed by atoms with Crippen molar-refractivity contribution in [3.63, 3.8) is 0 Å². The predicted molar refractivity (Wildman–Crippen MR) is 75.4 cm³/mol. The Morgan fingerprint density at radius 2 is 1.84 bits per heavy atom. The first-order chi connectivity index (χ1) is 8.75. The standard InChI is InChI=1S/C14H27N3O2/c1-14(2,3)12(15)13(19)17-7-5-10(6-8-17)9-11(18)16-4/h10,12H,5-9,15H2,1-4H3,(H,16,18)/t12-/m1/s1. The molecule has 2 amide bonds. The van der Waals surface area contributed by atoms with Gasteiger partial charge < -0.3 is 16.0 Å². The Morgan fingerprint density at radius 1 is 1.32 bits per heavy atom. The zero-order valence-electron chi connectivity index (χ0n) is 12.5. The maximum atomic E-state index is 12.3. The molecular weight excluding hydrogens is 242 g/mol. The van der Waals surface area contributed by atoms with Crippen molar-refractivity contribution in [1.82, 2.24) is 10.2 Å². The van der Waals surface area contributed by atoms with Gasteiger partial charge in [0.1, 0.15) is 0 Å². The maximum absolute atomic E-state index is 12.3. The highest BCUT2D eigenvalue weighted by Crippen LogP contribution is 2.24. The molecule has 1 rings (SSSR count). The van der Waals surface area contributed by atoms with E-state index >= 15 is 0 Å². The number of nitrogens with one attached hydrogen (secondary N) is 1. The van der Waals surface area contributed by atoms with Crippen molar-refractivity contribution in [2.75, 3.05) is 20.1 Å². The minimum absolute atomic E-state index is 0.0332. The Hall–Kier alpha value is -1.10. The van der Waals surface area contributed by atoms with Gasteiger partial charge in [-0.1, -0.05) is 20.8 Å². The number of carbonyl (C=O) groups is 2. The molecule has 1 heterocycles. The predicted octanol–water partition coefficient (Wildman–Crippen LogP) is 0.735. The smallest absolute Gasteiger partial charge is 0.240 e. The molecule has 0 radical (unpaired) electrons. The minimum Gasteiger partial charge on any atom is -0.359 e.